The molecule has 0 saturated carbocycles. The minimum absolute atomic E-state index is 0.0329. The summed E-state index contributed by atoms with van der Waals surface area (Å²) in [7, 11) is 0. The second kappa shape index (κ2) is 14.2. The van der Waals surface area contributed by atoms with Crippen LogP contribution in [0.1, 0.15) is 26.3 Å². The largest absolute Gasteiger partial charge is 0.456 e. The van der Waals surface area contributed by atoms with Gasteiger partial charge in [0.1, 0.15) is 11.2 Å². The van der Waals surface area contributed by atoms with Crippen molar-refractivity contribution in [2.24, 2.45) is 0 Å². The molecule has 0 aliphatic rings. The van der Waals surface area contributed by atoms with Gasteiger partial charge in [-0.3, -0.25) is 0 Å². The Kier molecular flexibility index (Phi) is 8.43. The van der Waals surface area contributed by atoms with Gasteiger partial charge in [0.05, 0.1) is 16.7 Å². The Morgan fingerprint density at radius 3 is 1.59 bits per heavy atom. The molecule has 0 radical (unpaired) electrons. The van der Waals surface area contributed by atoms with Crippen LogP contribution in [0.3, 0.4) is 0 Å². The number of nitrogen functional groups attached to an aromatic ring is 1. The Morgan fingerprint density at radius 1 is 0.426 bits per heavy atom. The van der Waals surface area contributed by atoms with Crippen molar-refractivity contribution in [3.63, 3.8) is 0 Å². The van der Waals surface area contributed by atoms with Crippen LogP contribution in [0.4, 0.5) is 5.69 Å². The maximum atomic E-state index is 6.53. The molecule has 2 N–H and O–H groups in total. The molecule has 0 aliphatic carbocycles. The molecule has 0 bridgehead atoms. The average molecular weight is 788 g/mol. The van der Waals surface area contributed by atoms with Crippen LogP contribution in [0, 0.1) is 0 Å². The standard InChI is InChI=1S/C55H41N5O/c1-55(2,3)39-24-27-47-45(32-39)46-33-40(56)25-28-48(46)60(47)51-43(34-15-7-4-8-16-34)29-38(30-44(51)35-17-9-5-10-18-35)54-58-52(36-19-11-6-12-20-36)57-53(59-54)37-23-26-42-41-21-13-14-22-49(41)61-50(42)31-37/h4-33H,56H2,1-3H3. The maximum Gasteiger partial charge on any atom is 0.164 e. The molecule has 0 saturated heterocycles. The van der Waals surface area contributed by atoms with Crippen molar-refractivity contribution in [2.45, 2.75) is 26.2 Å². The lowest BCUT2D eigenvalue weighted by molar-refractivity contribution is 0.591. The van der Waals surface area contributed by atoms with Gasteiger partial charge in [-0.25, -0.2) is 15.0 Å². The first-order valence-corrected chi connectivity index (χ1v) is 20.6. The lowest BCUT2D eigenvalue weighted by Crippen LogP contribution is -2.10. The number of furan rings is 1. The molecular formula is C55H41N5O. The van der Waals surface area contributed by atoms with E-state index in [1.807, 2.05) is 60.7 Å². The first-order valence-electron chi connectivity index (χ1n) is 20.6. The van der Waals surface area contributed by atoms with Crippen LogP contribution in [0.5, 0.6) is 0 Å². The molecule has 0 amide bonds. The number of fused-ring (bicyclic) bond motifs is 6. The predicted molar refractivity (Wildman–Crippen MR) is 252 cm³/mol. The zero-order valence-electron chi connectivity index (χ0n) is 34.1. The van der Waals surface area contributed by atoms with Gasteiger partial charge < -0.3 is 14.7 Å². The van der Waals surface area contributed by atoms with Crippen molar-refractivity contribution in [1.82, 2.24) is 19.5 Å². The van der Waals surface area contributed by atoms with E-state index in [1.54, 1.807) is 0 Å². The molecule has 0 spiro atoms. The predicted octanol–water partition coefficient (Wildman–Crippen LogP) is 14.1. The highest BCUT2D eigenvalue weighted by Crippen LogP contribution is 2.45. The van der Waals surface area contributed by atoms with Crippen molar-refractivity contribution >= 4 is 49.4 Å². The zero-order valence-corrected chi connectivity index (χ0v) is 34.1. The third-order valence-corrected chi connectivity index (χ3v) is 11.7. The van der Waals surface area contributed by atoms with Gasteiger partial charge in [0.15, 0.2) is 17.5 Å². The summed E-state index contributed by atoms with van der Waals surface area (Å²) in [5.74, 6) is 1.72. The van der Waals surface area contributed by atoms with E-state index in [1.165, 1.54) is 5.56 Å². The van der Waals surface area contributed by atoms with Gasteiger partial charge in [0.25, 0.3) is 0 Å². The van der Waals surface area contributed by atoms with E-state index >= 15 is 0 Å². The van der Waals surface area contributed by atoms with Crippen LogP contribution in [0.15, 0.2) is 186 Å². The lowest BCUT2D eigenvalue weighted by Gasteiger charge is -2.22. The number of para-hydroxylation sites is 1. The number of hydrogen-bond donors (Lipinski definition) is 1. The molecule has 0 atom stereocenters. The van der Waals surface area contributed by atoms with E-state index < -0.39 is 0 Å². The number of nitrogens with two attached hydrogens (primary N) is 1. The van der Waals surface area contributed by atoms with Crippen LogP contribution in [-0.2, 0) is 5.41 Å². The Balaban J connectivity index is 1.22. The smallest absolute Gasteiger partial charge is 0.164 e. The highest BCUT2D eigenvalue weighted by Gasteiger charge is 2.25. The molecule has 0 aliphatic heterocycles. The van der Waals surface area contributed by atoms with Gasteiger partial charge in [-0.1, -0.05) is 142 Å². The molecular weight excluding hydrogens is 747 g/mol. The SMILES string of the molecule is CC(C)(C)c1ccc2c(c1)c1cc(N)ccc1n2-c1c(-c2ccccc2)cc(-c2nc(-c3ccccc3)nc(-c3ccc4c(c3)oc3ccccc34)n2)cc1-c1ccccc1. The Bertz CT molecular complexity index is 3390. The molecule has 0 fully saturated rings. The molecule has 3 aromatic heterocycles. The average Bonchev–Trinajstić information content (AvgIpc) is 3.83. The fraction of sp³-hybridized carbons (Fsp3) is 0.0727. The Labute approximate surface area is 353 Å². The van der Waals surface area contributed by atoms with E-state index in [0.29, 0.717) is 17.5 Å². The third kappa shape index (κ3) is 6.32. The van der Waals surface area contributed by atoms with Crippen molar-refractivity contribution in [1.29, 1.82) is 0 Å². The summed E-state index contributed by atoms with van der Waals surface area (Å²) in [5, 5.41) is 4.40. The highest BCUT2D eigenvalue weighted by atomic mass is 16.3. The zero-order chi connectivity index (χ0) is 41.2. The van der Waals surface area contributed by atoms with E-state index in [0.717, 1.165) is 94.1 Å². The molecule has 6 heteroatoms. The fourth-order valence-electron chi connectivity index (χ4n) is 8.64. The molecule has 11 aromatic rings. The summed E-state index contributed by atoms with van der Waals surface area (Å²) in [4.78, 5) is 15.6. The summed E-state index contributed by atoms with van der Waals surface area (Å²) < 4.78 is 8.75. The number of aromatic nitrogens is 4. The second-order valence-corrected chi connectivity index (χ2v) is 16.7. The van der Waals surface area contributed by atoms with Crippen molar-refractivity contribution in [3.05, 3.63) is 188 Å². The van der Waals surface area contributed by atoms with Gasteiger partial charge in [-0.15, -0.1) is 0 Å². The Morgan fingerprint density at radius 2 is 0.951 bits per heavy atom. The first-order chi connectivity index (χ1) is 29.8. The van der Waals surface area contributed by atoms with Gasteiger partial charge in [0, 0.05) is 55.0 Å². The maximum absolute atomic E-state index is 6.53. The molecule has 61 heavy (non-hydrogen) atoms. The summed E-state index contributed by atoms with van der Waals surface area (Å²) in [6.07, 6.45) is 0. The van der Waals surface area contributed by atoms with Crippen molar-refractivity contribution in [3.8, 4) is 62.1 Å². The summed E-state index contributed by atoms with van der Waals surface area (Å²) >= 11 is 0. The number of rotatable bonds is 6. The summed E-state index contributed by atoms with van der Waals surface area (Å²) in [6, 6.07) is 63.3. The molecule has 0 unspecified atom stereocenters. The first kappa shape index (κ1) is 36.3. The van der Waals surface area contributed by atoms with Crippen LogP contribution in [-0.4, -0.2) is 19.5 Å². The van der Waals surface area contributed by atoms with Crippen LogP contribution in [0.2, 0.25) is 0 Å². The minimum Gasteiger partial charge on any atom is -0.456 e. The topological polar surface area (TPSA) is 82.8 Å². The fourth-order valence-corrected chi connectivity index (χ4v) is 8.64. The normalized spacial score (nSPS) is 11.9. The van der Waals surface area contributed by atoms with E-state index in [-0.39, 0.29) is 5.41 Å². The molecule has 6 nitrogen and oxygen atoms in total. The number of hydrogen-bond acceptors (Lipinski definition) is 5. The van der Waals surface area contributed by atoms with E-state index in [2.05, 4.69) is 147 Å². The monoisotopic (exact) mass is 787 g/mol. The van der Waals surface area contributed by atoms with Crippen molar-refractivity contribution < 1.29 is 4.42 Å². The van der Waals surface area contributed by atoms with E-state index in [9.17, 15) is 0 Å². The van der Waals surface area contributed by atoms with Gasteiger partial charge in [-0.05, 0) is 82.8 Å². The minimum atomic E-state index is -0.0329. The molecule has 8 aromatic carbocycles. The quantitative estimate of drug-likeness (QED) is 0.170. The van der Waals surface area contributed by atoms with Crippen LogP contribution in [0.25, 0.3) is 106 Å². The third-order valence-electron chi connectivity index (χ3n) is 11.7. The number of nitrogens with zero attached hydrogens (tertiary/aromatic N) is 4. The van der Waals surface area contributed by atoms with Crippen molar-refractivity contribution in [2.75, 3.05) is 5.73 Å². The van der Waals surface area contributed by atoms with Crippen LogP contribution >= 0.6 is 0 Å². The highest BCUT2D eigenvalue weighted by molar-refractivity contribution is 6.12. The molecule has 3 heterocycles. The summed E-state index contributed by atoms with van der Waals surface area (Å²) in [5.41, 5.74) is 20.2. The van der Waals surface area contributed by atoms with Gasteiger partial charge in [-0.2, -0.15) is 0 Å². The second-order valence-electron chi connectivity index (χ2n) is 16.7. The Hall–Kier alpha value is -7.83. The summed E-state index contributed by atoms with van der Waals surface area (Å²) in [6.45, 7) is 6.78. The number of anilines is 1. The molecule has 292 valence electrons. The van der Waals surface area contributed by atoms with Gasteiger partial charge >= 0.3 is 0 Å². The number of benzene rings is 8. The molecule has 11 rings (SSSR count). The van der Waals surface area contributed by atoms with Gasteiger partial charge in [0.2, 0.25) is 0 Å². The van der Waals surface area contributed by atoms with E-state index in [4.69, 9.17) is 25.1 Å². The lowest BCUT2D eigenvalue weighted by atomic mass is 9.86. The van der Waals surface area contributed by atoms with Crippen LogP contribution < -0.4 is 5.73 Å².